The van der Waals surface area contributed by atoms with Crippen molar-refractivity contribution in [3.05, 3.63) is 0 Å². The highest BCUT2D eigenvalue weighted by molar-refractivity contribution is 5.86. The van der Waals surface area contributed by atoms with E-state index in [1.807, 2.05) is 32.7 Å². The van der Waals surface area contributed by atoms with Crippen molar-refractivity contribution in [1.82, 2.24) is 15.5 Å². The van der Waals surface area contributed by atoms with Gasteiger partial charge >= 0.3 is 0 Å². The molecule has 6 heteroatoms. The molecule has 1 fully saturated rings. The van der Waals surface area contributed by atoms with Gasteiger partial charge in [0.25, 0.3) is 0 Å². The van der Waals surface area contributed by atoms with E-state index in [0.717, 1.165) is 19.1 Å². The Hall–Kier alpha value is -1.30. The maximum Gasteiger partial charge on any atom is 0.239 e. The van der Waals surface area contributed by atoms with Crippen LogP contribution in [0.15, 0.2) is 4.99 Å². The third-order valence-corrected chi connectivity index (χ3v) is 3.12. The van der Waals surface area contributed by atoms with E-state index >= 15 is 0 Å². The van der Waals surface area contributed by atoms with Crippen LogP contribution in [-0.2, 0) is 9.53 Å². The number of ether oxygens (including phenoxy) is 1. The summed E-state index contributed by atoms with van der Waals surface area (Å²) in [6.45, 7) is 8.41. The Kier molecular flexibility index (Phi) is 6.95. The molecule has 122 valence electrons. The van der Waals surface area contributed by atoms with Gasteiger partial charge in [-0.2, -0.15) is 0 Å². The van der Waals surface area contributed by atoms with Crippen molar-refractivity contribution in [3.63, 3.8) is 0 Å². The molecule has 0 aromatic heterocycles. The molecule has 0 aliphatic heterocycles. The number of hydrogen-bond donors (Lipinski definition) is 2. The number of rotatable bonds is 7. The van der Waals surface area contributed by atoms with Gasteiger partial charge in [0.2, 0.25) is 5.91 Å². The van der Waals surface area contributed by atoms with Crippen molar-refractivity contribution in [3.8, 4) is 0 Å². The third-order valence-electron chi connectivity index (χ3n) is 3.12. The molecule has 0 bridgehead atoms. The predicted molar refractivity (Wildman–Crippen MR) is 85.4 cm³/mol. The monoisotopic (exact) mass is 298 g/mol. The average Bonchev–Trinajstić information content (AvgIpc) is 3.17. The van der Waals surface area contributed by atoms with E-state index in [9.17, 15) is 4.79 Å². The minimum Gasteiger partial charge on any atom is -0.379 e. The molecule has 1 amide bonds. The lowest BCUT2D eigenvalue weighted by molar-refractivity contribution is -0.121. The van der Waals surface area contributed by atoms with Gasteiger partial charge in [-0.05, 0) is 39.5 Å². The summed E-state index contributed by atoms with van der Waals surface area (Å²) in [4.78, 5) is 17.9. The van der Waals surface area contributed by atoms with Crippen LogP contribution >= 0.6 is 0 Å². The van der Waals surface area contributed by atoms with E-state index in [4.69, 9.17) is 4.74 Å². The Morgan fingerprint density at radius 1 is 1.38 bits per heavy atom. The third kappa shape index (κ3) is 8.55. The fourth-order valence-corrected chi connectivity index (χ4v) is 1.85. The van der Waals surface area contributed by atoms with Crippen LogP contribution in [0.25, 0.3) is 0 Å². The van der Waals surface area contributed by atoms with Crippen LogP contribution in [0.2, 0.25) is 0 Å². The first kappa shape index (κ1) is 17.8. The molecule has 0 radical (unpaired) electrons. The zero-order valence-corrected chi connectivity index (χ0v) is 14.0. The van der Waals surface area contributed by atoms with Crippen molar-refractivity contribution in [2.24, 2.45) is 10.9 Å². The summed E-state index contributed by atoms with van der Waals surface area (Å²) >= 11 is 0. The second-order valence-electron chi connectivity index (χ2n) is 6.64. The fourth-order valence-electron chi connectivity index (χ4n) is 1.85. The maximum atomic E-state index is 11.8. The molecule has 0 aromatic rings. The first-order chi connectivity index (χ1) is 9.81. The minimum atomic E-state index is -0.217. The Morgan fingerprint density at radius 3 is 2.57 bits per heavy atom. The summed E-state index contributed by atoms with van der Waals surface area (Å²) in [5.74, 6) is 1.45. The van der Waals surface area contributed by atoms with Gasteiger partial charge in [-0.25, -0.2) is 0 Å². The van der Waals surface area contributed by atoms with E-state index in [2.05, 4.69) is 15.6 Å². The Morgan fingerprint density at radius 2 is 2.05 bits per heavy atom. The number of nitrogens with zero attached hydrogens (tertiary/aromatic N) is 2. The average molecular weight is 298 g/mol. The smallest absolute Gasteiger partial charge is 0.239 e. The molecule has 2 N–H and O–H groups in total. The molecular formula is C15H30N4O2. The fraction of sp³-hybridized carbons (Fsp3) is 0.867. The number of amides is 1. The van der Waals surface area contributed by atoms with Crippen LogP contribution in [0.1, 0.15) is 33.6 Å². The molecular weight excluding hydrogens is 268 g/mol. The quantitative estimate of drug-likeness (QED) is 0.415. The van der Waals surface area contributed by atoms with E-state index in [-0.39, 0.29) is 18.0 Å². The van der Waals surface area contributed by atoms with E-state index < -0.39 is 0 Å². The number of carbonyl (C=O) groups is 1. The Labute approximate surface area is 128 Å². The highest BCUT2D eigenvalue weighted by Crippen LogP contribution is 2.28. The standard InChI is InChI=1S/C15H30N4O2/c1-15(2,3)18-13(20)10-17-14(16-4)19(5)8-9-21-11-12-6-7-12/h12H,6-11H2,1-5H3,(H,16,17)(H,18,20). The van der Waals surface area contributed by atoms with Gasteiger partial charge in [0.05, 0.1) is 13.2 Å². The zero-order chi connectivity index (χ0) is 15.9. The van der Waals surface area contributed by atoms with Gasteiger partial charge < -0.3 is 20.3 Å². The minimum absolute atomic E-state index is 0.0398. The molecule has 21 heavy (non-hydrogen) atoms. The normalized spacial score (nSPS) is 15.8. The molecule has 1 aliphatic carbocycles. The highest BCUT2D eigenvalue weighted by Gasteiger charge is 2.21. The number of carbonyl (C=O) groups excluding carboxylic acids is 1. The van der Waals surface area contributed by atoms with Crippen molar-refractivity contribution in [2.45, 2.75) is 39.2 Å². The summed E-state index contributed by atoms with van der Waals surface area (Å²) in [6.07, 6.45) is 2.61. The van der Waals surface area contributed by atoms with Gasteiger partial charge in [0, 0.05) is 32.8 Å². The molecule has 1 rings (SSSR count). The van der Waals surface area contributed by atoms with Crippen LogP contribution in [0.5, 0.6) is 0 Å². The largest absolute Gasteiger partial charge is 0.379 e. The van der Waals surface area contributed by atoms with Crippen LogP contribution in [0.3, 0.4) is 0 Å². The highest BCUT2D eigenvalue weighted by atomic mass is 16.5. The van der Waals surface area contributed by atoms with Gasteiger partial charge in [-0.3, -0.25) is 9.79 Å². The molecule has 0 heterocycles. The van der Waals surface area contributed by atoms with Crippen LogP contribution < -0.4 is 10.6 Å². The SMILES string of the molecule is CN=C(NCC(=O)NC(C)(C)C)N(C)CCOCC1CC1. The molecule has 0 atom stereocenters. The van der Waals surface area contributed by atoms with E-state index in [1.54, 1.807) is 7.05 Å². The van der Waals surface area contributed by atoms with Crippen LogP contribution in [0.4, 0.5) is 0 Å². The van der Waals surface area contributed by atoms with Crippen molar-refractivity contribution < 1.29 is 9.53 Å². The summed E-state index contributed by atoms with van der Waals surface area (Å²) < 4.78 is 5.61. The number of likely N-dealkylation sites (N-methyl/N-ethyl adjacent to an activating group) is 1. The van der Waals surface area contributed by atoms with Gasteiger partial charge in [0.15, 0.2) is 5.96 Å². The molecule has 0 spiro atoms. The Balaban J connectivity index is 2.20. The lowest BCUT2D eigenvalue weighted by Gasteiger charge is -2.24. The maximum absolute atomic E-state index is 11.8. The van der Waals surface area contributed by atoms with Crippen LogP contribution in [-0.4, -0.2) is 62.7 Å². The number of hydrogen-bond acceptors (Lipinski definition) is 3. The second kappa shape index (κ2) is 8.22. The topological polar surface area (TPSA) is 66.0 Å². The van der Waals surface area contributed by atoms with Crippen molar-refractivity contribution >= 4 is 11.9 Å². The molecule has 0 unspecified atom stereocenters. The Bertz CT molecular complexity index is 359. The van der Waals surface area contributed by atoms with Gasteiger partial charge in [-0.1, -0.05) is 0 Å². The molecule has 6 nitrogen and oxygen atoms in total. The lowest BCUT2D eigenvalue weighted by atomic mass is 10.1. The number of guanidine groups is 1. The summed E-state index contributed by atoms with van der Waals surface area (Å²) in [6, 6.07) is 0. The second-order valence-corrected chi connectivity index (χ2v) is 6.64. The molecule has 0 saturated heterocycles. The summed E-state index contributed by atoms with van der Waals surface area (Å²) in [5.41, 5.74) is -0.217. The van der Waals surface area contributed by atoms with Gasteiger partial charge in [-0.15, -0.1) is 0 Å². The predicted octanol–water partition coefficient (Wildman–Crippen LogP) is 0.835. The van der Waals surface area contributed by atoms with E-state index in [1.165, 1.54) is 12.8 Å². The molecule has 1 saturated carbocycles. The van der Waals surface area contributed by atoms with Crippen molar-refractivity contribution in [1.29, 1.82) is 0 Å². The molecule has 0 aromatic carbocycles. The summed E-state index contributed by atoms with van der Waals surface area (Å²) in [7, 11) is 3.66. The first-order valence-corrected chi connectivity index (χ1v) is 7.62. The van der Waals surface area contributed by atoms with E-state index in [0.29, 0.717) is 12.6 Å². The van der Waals surface area contributed by atoms with Gasteiger partial charge in [0.1, 0.15) is 0 Å². The number of aliphatic imine (C=N–C) groups is 1. The molecule has 1 aliphatic rings. The lowest BCUT2D eigenvalue weighted by Crippen LogP contribution is -2.48. The van der Waals surface area contributed by atoms with Crippen molar-refractivity contribution in [2.75, 3.05) is 40.4 Å². The zero-order valence-electron chi connectivity index (χ0n) is 14.0. The number of nitrogens with one attached hydrogen (secondary N) is 2. The first-order valence-electron chi connectivity index (χ1n) is 7.62. The van der Waals surface area contributed by atoms with Crippen LogP contribution in [0, 0.1) is 5.92 Å². The summed E-state index contributed by atoms with van der Waals surface area (Å²) in [5, 5.41) is 5.97.